The molecule has 0 aromatic carbocycles. The van der Waals surface area contributed by atoms with Crippen molar-refractivity contribution in [1.82, 2.24) is 0 Å². The Hall–Kier alpha value is -0.400. The second-order valence-electron chi connectivity index (χ2n) is 6.74. The monoisotopic (exact) mass is 314 g/mol. The SMILES string of the molecule is CC1=CC(OC(=O)CC(C)CCC(OP)C(C)C)CCC1. The fraction of sp³-hybridized carbons (Fsp3) is 0.824. The normalized spacial score (nSPS) is 21.8. The van der Waals surface area contributed by atoms with Crippen LogP contribution in [0.25, 0.3) is 0 Å². The van der Waals surface area contributed by atoms with Crippen molar-refractivity contribution in [1.29, 1.82) is 0 Å². The van der Waals surface area contributed by atoms with Crippen molar-refractivity contribution in [3.63, 3.8) is 0 Å². The van der Waals surface area contributed by atoms with Crippen LogP contribution in [-0.4, -0.2) is 18.2 Å². The fourth-order valence-electron chi connectivity index (χ4n) is 2.77. The first-order valence-electron chi connectivity index (χ1n) is 8.14. The van der Waals surface area contributed by atoms with Gasteiger partial charge >= 0.3 is 5.97 Å². The Morgan fingerprint density at radius 2 is 2.10 bits per heavy atom. The summed E-state index contributed by atoms with van der Waals surface area (Å²) in [7, 11) is 2.35. The van der Waals surface area contributed by atoms with Crippen molar-refractivity contribution < 1.29 is 14.1 Å². The molecule has 0 saturated heterocycles. The first-order valence-corrected chi connectivity index (χ1v) is 8.61. The van der Waals surface area contributed by atoms with Crippen LogP contribution in [-0.2, 0) is 14.1 Å². The van der Waals surface area contributed by atoms with E-state index in [0.717, 1.165) is 32.1 Å². The van der Waals surface area contributed by atoms with Crippen LogP contribution < -0.4 is 0 Å². The lowest BCUT2D eigenvalue weighted by Crippen LogP contribution is -2.21. The zero-order valence-corrected chi connectivity index (χ0v) is 15.1. The molecule has 21 heavy (non-hydrogen) atoms. The van der Waals surface area contributed by atoms with Crippen LogP contribution in [0, 0.1) is 11.8 Å². The summed E-state index contributed by atoms with van der Waals surface area (Å²) < 4.78 is 11.0. The molecule has 0 fully saturated rings. The number of allylic oxidation sites excluding steroid dienone is 1. The Kier molecular flexibility index (Phi) is 8.51. The highest BCUT2D eigenvalue weighted by atomic mass is 31.0. The smallest absolute Gasteiger partial charge is 0.306 e. The van der Waals surface area contributed by atoms with Gasteiger partial charge in [-0.15, -0.1) is 0 Å². The van der Waals surface area contributed by atoms with Gasteiger partial charge in [0.25, 0.3) is 0 Å². The van der Waals surface area contributed by atoms with Gasteiger partial charge in [-0.3, -0.25) is 4.79 Å². The van der Waals surface area contributed by atoms with E-state index in [9.17, 15) is 4.79 Å². The second kappa shape index (κ2) is 9.58. The standard InChI is InChI=1S/C17H31O3P/c1-12(2)16(20-21)9-8-14(4)11-17(18)19-15-7-5-6-13(3)10-15/h10,12,14-16H,5-9,11,21H2,1-4H3. The molecule has 0 N–H and O–H groups in total. The predicted octanol–water partition coefficient (Wildman–Crippen LogP) is 4.67. The van der Waals surface area contributed by atoms with Gasteiger partial charge in [-0.2, -0.15) is 0 Å². The lowest BCUT2D eigenvalue weighted by Gasteiger charge is -2.22. The van der Waals surface area contributed by atoms with Gasteiger partial charge in [0.1, 0.15) is 6.10 Å². The van der Waals surface area contributed by atoms with E-state index in [-0.39, 0.29) is 18.2 Å². The lowest BCUT2D eigenvalue weighted by molar-refractivity contribution is -0.148. The van der Waals surface area contributed by atoms with Crippen molar-refractivity contribution in [3.05, 3.63) is 11.6 Å². The minimum atomic E-state index is -0.0636. The zero-order chi connectivity index (χ0) is 15.8. The van der Waals surface area contributed by atoms with Crippen LogP contribution in [0.2, 0.25) is 0 Å². The number of carbonyl (C=O) groups is 1. The average molecular weight is 314 g/mol. The maximum absolute atomic E-state index is 12.0. The number of hydrogen-bond acceptors (Lipinski definition) is 3. The maximum atomic E-state index is 12.0. The van der Waals surface area contributed by atoms with Crippen molar-refractivity contribution in [2.45, 2.75) is 78.4 Å². The molecule has 0 heterocycles. The largest absolute Gasteiger partial charge is 0.458 e. The summed E-state index contributed by atoms with van der Waals surface area (Å²) >= 11 is 0. The third kappa shape index (κ3) is 7.42. The van der Waals surface area contributed by atoms with E-state index in [4.69, 9.17) is 9.26 Å². The summed E-state index contributed by atoms with van der Waals surface area (Å²) in [6.07, 6.45) is 8.05. The summed E-state index contributed by atoms with van der Waals surface area (Å²) in [5.74, 6) is 0.774. The molecule has 4 unspecified atom stereocenters. The maximum Gasteiger partial charge on any atom is 0.306 e. The summed E-state index contributed by atoms with van der Waals surface area (Å²) in [5.41, 5.74) is 1.34. The minimum Gasteiger partial charge on any atom is -0.458 e. The fourth-order valence-corrected chi connectivity index (χ4v) is 3.22. The highest BCUT2D eigenvalue weighted by Crippen LogP contribution is 2.23. The first kappa shape index (κ1) is 18.6. The Labute approximate surface area is 132 Å². The predicted molar refractivity (Wildman–Crippen MR) is 89.9 cm³/mol. The van der Waals surface area contributed by atoms with Crippen LogP contribution in [0.4, 0.5) is 0 Å². The van der Waals surface area contributed by atoms with Gasteiger partial charge in [-0.05, 0) is 56.9 Å². The van der Waals surface area contributed by atoms with Gasteiger partial charge in [-0.1, -0.05) is 26.3 Å². The molecular formula is C17H31O3P. The second-order valence-corrected chi connectivity index (χ2v) is 7.01. The Bertz CT molecular complexity index is 352. The van der Waals surface area contributed by atoms with E-state index in [1.165, 1.54) is 5.57 Å². The molecule has 0 aromatic heterocycles. The van der Waals surface area contributed by atoms with E-state index < -0.39 is 0 Å². The highest BCUT2D eigenvalue weighted by molar-refractivity contribution is 7.09. The topological polar surface area (TPSA) is 35.5 Å². The molecule has 0 aromatic rings. The molecule has 4 heteroatoms. The zero-order valence-electron chi connectivity index (χ0n) is 13.9. The molecule has 1 rings (SSSR count). The summed E-state index contributed by atoms with van der Waals surface area (Å²) in [5, 5.41) is 0. The number of ether oxygens (including phenoxy) is 1. The van der Waals surface area contributed by atoms with E-state index in [2.05, 4.69) is 43.2 Å². The Morgan fingerprint density at radius 1 is 1.38 bits per heavy atom. The molecule has 0 radical (unpaired) electrons. The Morgan fingerprint density at radius 3 is 2.67 bits per heavy atom. The van der Waals surface area contributed by atoms with E-state index >= 15 is 0 Å². The van der Waals surface area contributed by atoms with Gasteiger partial charge in [0.2, 0.25) is 0 Å². The van der Waals surface area contributed by atoms with Crippen LogP contribution in [0.5, 0.6) is 0 Å². The molecule has 1 aliphatic rings. The van der Waals surface area contributed by atoms with Gasteiger partial charge in [0, 0.05) is 15.9 Å². The first-order chi connectivity index (χ1) is 9.92. The van der Waals surface area contributed by atoms with Gasteiger partial charge in [0.05, 0.1) is 6.10 Å². The Balaban J connectivity index is 2.28. The summed E-state index contributed by atoms with van der Waals surface area (Å²) in [4.78, 5) is 12.0. The summed E-state index contributed by atoms with van der Waals surface area (Å²) in [6.45, 7) is 8.54. The van der Waals surface area contributed by atoms with Crippen LogP contribution in [0.3, 0.4) is 0 Å². The molecule has 4 atom stereocenters. The lowest BCUT2D eigenvalue weighted by atomic mass is 9.95. The number of esters is 1. The molecule has 0 spiro atoms. The number of carbonyl (C=O) groups excluding carboxylic acids is 1. The third-order valence-corrected chi connectivity index (χ3v) is 4.54. The van der Waals surface area contributed by atoms with E-state index in [1.807, 2.05) is 0 Å². The molecule has 0 bridgehead atoms. The molecule has 0 aliphatic heterocycles. The quantitative estimate of drug-likeness (QED) is 0.371. The minimum absolute atomic E-state index is 0.00256. The summed E-state index contributed by atoms with van der Waals surface area (Å²) in [6, 6.07) is 0. The highest BCUT2D eigenvalue weighted by Gasteiger charge is 2.19. The molecule has 1 aliphatic carbocycles. The van der Waals surface area contributed by atoms with Crippen LogP contribution in [0.1, 0.15) is 66.2 Å². The van der Waals surface area contributed by atoms with Crippen molar-refractivity contribution in [2.75, 3.05) is 0 Å². The van der Waals surface area contributed by atoms with Crippen molar-refractivity contribution in [3.8, 4) is 0 Å². The molecule has 0 amide bonds. The molecule has 0 saturated carbocycles. The third-order valence-electron chi connectivity index (χ3n) is 4.19. The van der Waals surface area contributed by atoms with Crippen molar-refractivity contribution >= 4 is 15.4 Å². The average Bonchev–Trinajstić information content (AvgIpc) is 2.38. The van der Waals surface area contributed by atoms with Gasteiger partial charge in [0.15, 0.2) is 0 Å². The van der Waals surface area contributed by atoms with Gasteiger partial charge < -0.3 is 9.26 Å². The molecular weight excluding hydrogens is 283 g/mol. The van der Waals surface area contributed by atoms with E-state index in [1.54, 1.807) is 0 Å². The number of hydrogen-bond donors (Lipinski definition) is 0. The number of rotatable bonds is 8. The van der Waals surface area contributed by atoms with Gasteiger partial charge in [-0.25, -0.2) is 0 Å². The van der Waals surface area contributed by atoms with Crippen LogP contribution in [0.15, 0.2) is 11.6 Å². The van der Waals surface area contributed by atoms with Crippen molar-refractivity contribution in [2.24, 2.45) is 11.8 Å². The molecule has 122 valence electrons. The van der Waals surface area contributed by atoms with E-state index in [0.29, 0.717) is 18.3 Å². The van der Waals surface area contributed by atoms with Crippen LogP contribution >= 0.6 is 9.47 Å². The molecule has 3 nitrogen and oxygen atoms in total.